The second kappa shape index (κ2) is 8.41. The minimum Gasteiger partial charge on any atom is -0.330 e. The molecular weight excluding hydrogens is 425 g/mol. The Hall–Kier alpha value is -1.35. The fourth-order valence-electron chi connectivity index (χ4n) is 4.04. The van der Waals surface area contributed by atoms with Crippen molar-refractivity contribution in [3.8, 4) is 0 Å². The van der Waals surface area contributed by atoms with E-state index < -0.39 is 21.8 Å². The molecule has 3 N–H and O–H groups in total. The average Bonchev–Trinajstić information content (AvgIpc) is 2.68. The molecule has 0 spiro atoms. The molecule has 0 amide bonds. The minimum atomic E-state index is -4.50. The summed E-state index contributed by atoms with van der Waals surface area (Å²) in [6, 6.07) is 3.24. The predicted molar refractivity (Wildman–Crippen MR) is 107 cm³/mol. The van der Waals surface area contributed by atoms with Crippen molar-refractivity contribution >= 4 is 21.6 Å². The number of alkyl halides is 3. The molecule has 0 unspecified atom stereocenters. The zero-order valence-electron chi connectivity index (χ0n) is 15.8. The summed E-state index contributed by atoms with van der Waals surface area (Å²) in [5.41, 5.74) is 6.12. The van der Waals surface area contributed by atoms with Crippen LogP contribution in [-0.2, 0) is 16.2 Å². The van der Waals surface area contributed by atoms with Crippen molar-refractivity contribution in [3.63, 3.8) is 0 Å². The zero-order valence-corrected chi connectivity index (χ0v) is 17.4. The number of nitrogens with one attached hydrogen (secondary N) is 1. The third-order valence-corrected chi connectivity index (χ3v) is 7.65. The van der Waals surface area contributed by atoms with E-state index in [0.717, 1.165) is 60.6 Å². The lowest BCUT2D eigenvalue weighted by molar-refractivity contribution is -0.137. The summed E-state index contributed by atoms with van der Waals surface area (Å²) in [7, 11) is -3.90. The fraction of sp³-hybridized carbons (Fsp3) is 0.500. The summed E-state index contributed by atoms with van der Waals surface area (Å²) in [4.78, 5) is -0.175. The Balaban J connectivity index is 1.67. The number of hydrogen-bond acceptors (Lipinski definition) is 3. The van der Waals surface area contributed by atoms with Crippen LogP contribution in [0.3, 0.4) is 0 Å². The Morgan fingerprint density at radius 1 is 1.17 bits per heavy atom. The van der Waals surface area contributed by atoms with Gasteiger partial charge in [-0.25, -0.2) is 13.1 Å². The lowest BCUT2D eigenvalue weighted by Gasteiger charge is -2.41. The van der Waals surface area contributed by atoms with Gasteiger partial charge in [0.1, 0.15) is 0 Å². The smallest absolute Gasteiger partial charge is 0.330 e. The van der Waals surface area contributed by atoms with Crippen LogP contribution in [0.25, 0.3) is 0 Å². The first-order valence-electron chi connectivity index (χ1n) is 9.52. The van der Waals surface area contributed by atoms with Crippen LogP contribution < -0.4 is 10.5 Å². The summed E-state index contributed by atoms with van der Waals surface area (Å²) in [6.07, 6.45) is 3.95. The van der Waals surface area contributed by atoms with Gasteiger partial charge < -0.3 is 5.73 Å². The number of hydrogen-bond donors (Lipinski definition) is 2. The first kappa shape index (κ1) is 22.3. The van der Waals surface area contributed by atoms with E-state index >= 15 is 0 Å². The van der Waals surface area contributed by atoms with Gasteiger partial charge >= 0.3 is 6.18 Å². The average molecular weight is 449 g/mol. The highest BCUT2D eigenvalue weighted by Gasteiger charge is 2.38. The quantitative estimate of drug-likeness (QED) is 0.684. The summed E-state index contributed by atoms with van der Waals surface area (Å²) >= 11 is 6.19. The van der Waals surface area contributed by atoms with Crippen molar-refractivity contribution in [2.24, 2.45) is 11.1 Å². The van der Waals surface area contributed by atoms with Crippen LogP contribution >= 0.6 is 11.6 Å². The Labute approximate surface area is 174 Å². The van der Waals surface area contributed by atoms with Crippen molar-refractivity contribution < 1.29 is 21.6 Å². The molecule has 4 nitrogen and oxygen atoms in total. The largest absolute Gasteiger partial charge is 0.416 e. The van der Waals surface area contributed by atoms with Gasteiger partial charge in [-0.15, -0.1) is 0 Å². The molecule has 0 aliphatic heterocycles. The van der Waals surface area contributed by atoms with Gasteiger partial charge in [0.15, 0.2) is 0 Å². The first-order chi connectivity index (χ1) is 13.6. The molecule has 1 aromatic rings. The molecule has 9 heteroatoms. The van der Waals surface area contributed by atoms with E-state index in [1.165, 1.54) is 0 Å². The maximum Gasteiger partial charge on any atom is 0.416 e. The van der Waals surface area contributed by atoms with Crippen LogP contribution in [0, 0.1) is 5.41 Å². The van der Waals surface area contributed by atoms with Gasteiger partial charge in [-0.2, -0.15) is 13.2 Å². The molecule has 2 aliphatic carbocycles. The van der Waals surface area contributed by atoms with Gasteiger partial charge in [-0.1, -0.05) is 17.7 Å². The van der Waals surface area contributed by atoms with Crippen LogP contribution in [-0.4, -0.2) is 21.0 Å². The SMILES string of the molecule is NCC1(C2=CCCC(Cl)=C2)CCC(NS(=O)(=O)c2ccc(C(F)(F)F)cc2)CC1. The van der Waals surface area contributed by atoms with E-state index in [2.05, 4.69) is 10.8 Å². The van der Waals surface area contributed by atoms with Crippen LogP contribution in [0.15, 0.2) is 51.9 Å². The Morgan fingerprint density at radius 2 is 1.79 bits per heavy atom. The Bertz CT molecular complexity index is 901. The highest BCUT2D eigenvalue weighted by Crippen LogP contribution is 2.44. The summed E-state index contributed by atoms with van der Waals surface area (Å²) in [5.74, 6) is 0. The first-order valence-corrected chi connectivity index (χ1v) is 11.4. The van der Waals surface area contributed by atoms with E-state index in [-0.39, 0.29) is 16.4 Å². The Kier molecular flexibility index (Phi) is 6.48. The van der Waals surface area contributed by atoms with E-state index in [9.17, 15) is 21.6 Å². The van der Waals surface area contributed by atoms with Crippen molar-refractivity contribution in [1.82, 2.24) is 4.72 Å². The molecule has 3 rings (SSSR count). The minimum absolute atomic E-state index is 0.175. The monoisotopic (exact) mass is 448 g/mol. The lowest BCUT2D eigenvalue weighted by atomic mass is 9.67. The zero-order chi connectivity index (χ0) is 21.3. The van der Waals surface area contributed by atoms with Gasteiger partial charge in [0.05, 0.1) is 10.5 Å². The summed E-state index contributed by atoms with van der Waals surface area (Å²) in [6.45, 7) is 0.456. The van der Waals surface area contributed by atoms with Gasteiger partial charge in [0.2, 0.25) is 10.0 Å². The number of nitrogens with two attached hydrogens (primary N) is 1. The third kappa shape index (κ3) is 5.05. The van der Waals surface area contributed by atoms with E-state index in [0.29, 0.717) is 19.4 Å². The lowest BCUT2D eigenvalue weighted by Crippen LogP contribution is -2.44. The molecule has 1 saturated carbocycles. The maximum absolute atomic E-state index is 12.7. The number of benzene rings is 1. The molecular formula is C20H24ClF3N2O2S. The molecule has 0 aromatic heterocycles. The highest BCUT2D eigenvalue weighted by atomic mass is 35.5. The van der Waals surface area contributed by atoms with Crippen molar-refractivity contribution in [3.05, 3.63) is 52.6 Å². The number of sulfonamides is 1. The number of allylic oxidation sites excluding steroid dienone is 3. The van der Waals surface area contributed by atoms with E-state index in [1.807, 2.05) is 6.08 Å². The summed E-state index contributed by atoms with van der Waals surface area (Å²) < 4.78 is 65.8. The molecule has 29 heavy (non-hydrogen) atoms. The highest BCUT2D eigenvalue weighted by molar-refractivity contribution is 7.89. The fourth-order valence-corrected chi connectivity index (χ4v) is 5.58. The topological polar surface area (TPSA) is 72.2 Å². The van der Waals surface area contributed by atoms with Crippen LogP contribution in [0.4, 0.5) is 13.2 Å². The maximum atomic E-state index is 12.7. The third-order valence-electron chi connectivity index (χ3n) is 5.82. The molecule has 1 fully saturated rings. The molecule has 160 valence electrons. The van der Waals surface area contributed by atoms with Gasteiger partial charge in [0.25, 0.3) is 0 Å². The van der Waals surface area contributed by atoms with Gasteiger partial charge in [-0.3, -0.25) is 0 Å². The van der Waals surface area contributed by atoms with Gasteiger partial charge in [0, 0.05) is 23.0 Å². The second-order valence-corrected chi connectivity index (χ2v) is 9.89. The normalized spacial score (nSPS) is 26.0. The molecule has 0 atom stereocenters. The second-order valence-electron chi connectivity index (χ2n) is 7.69. The number of rotatable bonds is 5. The molecule has 0 bridgehead atoms. The van der Waals surface area contributed by atoms with Crippen molar-refractivity contribution in [2.45, 2.75) is 55.6 Å². The van der Waals surface area contributed by atoms with Crippen molar-refractivity contribution in [1.29, 1.82) is 0 Å². The van der Waals surface area contributed by atoms with Crippen molar-refractivity contribution in [2.75, 3.05) is 6.54 Å². The van der Waals surface area contributed by atoms with Crippen LogP contribution in [0.1, 0.15) is 44.1 Å². The molecule has 0 radical (unpaired) electrons. The molecule has 0 heterocycles. The molecule has 1 aromatic carbocycles. The summed E-state index contributed by atoms with van der Waals surface area (Å²) in [5, 5.41) is 0.806. The number of halogens is 4. The molecule has 0 saturated heterocycles. The predicted octanol–water partition coefficient (Wildman–Crippen LogP) is 4.71. The van der Waals surface area contributed by atoms with E-state index in [4.69, 9.17) is 17.3 Å². The van der Waals surface area contributed by atoms with Gasteiger partial charge in [-0.05, 0) is 74.4 Å². The van der Waals surface area contributed by atoms with Crippen LogP contribution in [0.2, 0.25) is 0 Å². The standard InChI is InChI=1S/C20H24ClF3N2O2S/c21-16-3-1-2-15(12-16)19(13-25)10-8-17(9-11-19)26-29(27,28)18-6-4-14(5-7-18)20(22,23)24/h2,4-7,12,17,26H,1,3,8-11,13,25H2. The van der Waals surface area contributed by atoms with E-state index in [1.54, 1.807) is 0 Å². The van der Waals surface area contributed by atoms with Crippen LogP contribution in [0.5, 0.6) is 0 Å². The molecule has 2 aliphatic rings. The Morgan fingerprint density at radius 3 is 2.31 bits per heavy atom.